The van der Waals surface area contributed by atoms with Gasteiger partial charge in [0.25, 0.3) is 0 Å². The number of fused-ring (bicyclic) bond motifs is 1. The first-order chi connectivity index (χ1) is 14.0. The van der Waals surface area contributed by atoms with E-state index >= 15 is 0 Å². The zero-order valence-electron chi connectivity index (χ0n) is 15.8. The first-order valence-electron chi connectivity index (χ1n) is 8.72. The summed E-state index contributed by atoms with van der Waals surface area (Å²) in [6, 6.07) is 8.38. The van der Waals surface area contributed by atoms with Crippen LogP contribution in [0.4, 0.5) is 0 Å². The molecule has 0 spiro atoms. The van der Waals surface area contributed by atoms with Crippen molar-refractivity contribution in [2.45, 2.75) is 6.61 Å². The van der Waals surface area contributed by atoms with Crippen LogP contribution in [0.1, 0.15) is 16.1 Å². The van der Waals surface area contributed by atoms with Crippen LogP contribution in [0.25, 0.3) is 16.6 Å². The van der Waals surface area contributed by atoms with Crippen LogP contribution in [0.3, 0.4) is 0 Å². The second-order valence-corrected chi connectivity index (χ2v) is 6.30. The SMILES string of the molecule is COC(=O)c1cnc2ccc(OCc3nn(-c4cnn(C)c4)ccc3=O)cc2c1. The molecule has 0 atom stereocenters. The molecule has 9 nitrogen and oxygen atoms in total. The standard InChI is InChI=1S/C20H17N5O4/c1-24-11-15(10-22-24)25-6-5-19(26)18(23-25)12-29-16-3-4-17-13(8-16)7-14(9-21-17)20(27)28-2/h3-11H,12H2,1-2H3. The Morgan fingerprint density at radius 3 is 2.79 bits per heavy atom. The van der Waals surface area contributed by atoms with E-state index in [-0.39, 0.29) is 17.7 Å². The molecule has 0 N–H and O–H groups in total. The summed E-state index contributed by atoms with van der Waals surface area (Å²) in [7, 11) is 3.12. The van der Waals surface area contributed by atoms with Gasteiger partial charge in [0.15, 0.2) is 0 Å². The number of aromatic nitrogens is 5. The zero-order valence-corrected chi connectivity index (χ0v) is 15.8. The molecule has 0 aliphatic carbocycles. The highest BCUT2D eigenvalue weighted by Gasteiger charge is 2.09. The van der Waals surface area contributed by atoms with Gasteiger partial charge in [0, 0.05) is 30.9 Å². The number of esters is 1. The topological polar surface area (TPSA) is 101 Å². The van der Waals surface area contributed by atoms with E-state index in [1.54, 1.807) is 59.3 Å². The monoisotopic (exact) mass is 391 g/mol. The van der Waals surface area contributed by atoms with E-state index in [0.717, 1.165) is 11.1 Å². The molecule has 0 unspecified atom stereocenters. The number of hydrogen-bond acceptors (Lipinski definition) is 7. The molecule has 0 fully saturated rings. The van der Waals surface area contributed by atoms with Gasteiger partial charge in [-0.2, -0.15) is 10.2 Å². The average Bonchev–Trinajstić information content (AvgIpc) is 3.18. The first-order valence-corrected chi connectivity index (χ1v) is 8.72. The number of rotatable bonds is 5. The molecule has 4 aromatic rings. The summed E-state index contributed by atoms with van der Waals surface area (Å²) >= 11 is 0. The molecular formula is C20H17N5O4. The fraction of sp³-hybridized carbons (Fsp3) is 0.150. The molecule has 0 amide bonds. The highest BCUT2D eigenvalue weighted by molar-refractivity contribution is 5.93. The van der Waals surface area contributed by atoms with Crippen molar-refractivity contribution in [3.8, 4) is 11.4 Å². The number of hydrogen-bond donors (Lipinski definition) is 0. The van der Waals surface area contributed by atoms with Gasteiger partial charge in [-0.1, -0.05) is 0 Å². The Labute approximate surface area is 165 Å². The normalized spacial score (nSPS) is 10.8. The van der Waals surface area contributed by atoms with Crippen molar-refractivity contribution in [3.63, 3.8) is 0 Å². The third-order valence-electron chi connectivity index (χ3n) is 4.29. The lowest BCUT2D eigenvalue weighted by molar-refractivity contribution is 0.0600. The van der Waals surface area contributed by atoms with Crippen molar-refractivity contribution in [2.24, 2.45) is 7.05 Å². The Morgan fingerprint density at radius 1 is 1.17 bits per heavy atom. The van der Waals surface area contributed by atoms with Crippen LogP contribution in [-0.2, 0) is 18.4 Å². The largest absolute Gasteiger partial charge is 0.487 e. The number of benzene rings is 1. The van der Waals surface area contributed by atoms with Gasteiger partial charge >= 0.3 is 5.97 Å². The fourth-order valence-corrected chi connectivity index (χ4v) is 2.80. The van der Waals surface area contributed by atoms with E-state index in [9.17, 15) is 9.59 Å². The molecule has 9 heteroatoms. The van der Waals surface area contributed by atoms with E-state index in [4.69, 9.17) is 9.47 Å². The van der Waals surface area contributed by atoms with Gasteiger partial charge in [-0.05, 0) is 24.3 Å². The second-order valence-electron chi connectivity index (χ2n) is 6.30. The lowest BCUT2D eigenvalue weighted by Gasteiger charge is -2.08. The Bertz CT molecular complexity index is 1260. The molecule has 0 saturated heterocycles. The molecule has 0 radical (unpaired) electrons. The van der Waals surface area contributed by atoms with Gasteiger partial charge in [0.1, 0.15) is 23.7 Å². The molecule has 0 saturated carbocycles. The predicted octanol–water partition coefficient (Wildman–Crippen LogP) is 1.88. The summed E-state index contributed by atoms with van der Waals surface area (Å²) in [6.07, 6.45) is 6.48. The highest BCUT2D eigenvalue weighted by atomic mass is 16.5. The fourth-order valence-electron chi connectivity index (χ4n) is 2.80. The van der Waals surface area contributed by atoms with Crippen molar-refractivity contribution < 1.29 is 14.3 Å². The molecule has 146 valence electrons. The lowest BCUT2D eigenvalue weighted by Crippen LogP contribution is -2.17. The van der Waals surface area contributed by atoms with Crippen LogP contribution in [0, 0.1) is 0 Å². The van der Waals surface area contributed by atoms with Crippen LogP contribution >= 0.6 is 0 Å². The summed E-state index contributed by atoms with van der Waals surface area (Å²) in [4.78, 5) is 28.1. The number of carbonyl (C=O) groups is 1. The maximum absolute atomic E-state index is 12.2. The van der Waals surface area contributed by atoms with Crippen LogP contribution < -0.4 is 10.2 Å². The van der Waals surface area contributed by atoms with E-state index in [2.05, 4.69) is 15.2 Å². The number of methoxy groups -OCH3 is 1. The van der Waals surface area contributed by atoms with Crippen LogP contribution in [0.2, 0.25) is 0 Å². The molecule has 1 aromatic carbocycles. The van der Waals surface area contributed by atoms with Crippen molar-refractivity contribution in [1.29, 1.82) is 0 Å². The minimum Gasteiger partial charge on any atom is -0.487 e. The number of nitrogens with zero attached hydrogens (tertiary/aromatic N) is 5. The highest BCUT2D eigenvalue weighted by Crippen LogP contribution is 2.21. The first kappa shape index (κ1) is 18.4. The van der Waals surface area contributed by atoms with E-state index in [1.807, 2.05) is 0 Å². The van der Waals surface area contributed by atoms with Gasteiger partial charge in [-0.3, -0.25) is 14.5 Å². The van der Waals surface area contributed by atoms with Gasteiger partial charge in [0.05, 0.1) is 30.6 Å². The van der Waals surface area contributed by atoms with Crippen LogP contribution in [-0.4, -0.2) is 37.6 Å². The number of carbonyl (C=O) groups excluding carboxylic acids is 1. The zero-order chi connectivity index (χ0) is 20.4. The second kappa shape index (κ2) is 7.55. The third-order valence-corrected chi connectivity index (χ3v) is 4.29. The van der Waals surface area contributed by atoms with Crippen molar-refractivity contribution in [1.82, 2.24) is 24.5 Å². The Balaban J connectivity index is 1.57. The van der Waals surface area contributed by atoms with Crippen LogP contribution in [0.5, 0.6) is 5.75 Å². The predicted molar refractivity (Wildman–Crippen MR) is 104 cm³/mol. The van der Waals surface area contributed by atoms with Gasteiger partial charge in [-0.25, -0.2) is 9.48 Å². The molecule has 0 aliphatic heterocycles. The minimum atomic E-state index is -0.463. The number of pyridine rings is 1. The summed E-state index contributed by atoms with van der Waals surface area (Å²) in [5.41, 5.74) is 1.84. The number of ether oxygens (including phenoxy) is 2. The minimum absolute atomic E-state index is 0.00440. The van der Waals surface area contributed by atoms with E-state index in [1.165, 1.54) is 19.4 Å². The lowest BCUT2D eigenvalue weighted by atomic mass is 10.1. The molecule has 4 rings (SSSR count). The molecule has 3 aromatic heterocycles. The van der Waals surface area contributed by atoms with Crippen molar-refractivity contribution in [3.05, 3.63) is 76.6 Å². The Hall–Kier alpha value is -4.01. The number of aryl methyl sites for hydroxylation is 1. The third kappa shape index (κ3) is 3.84. The molecular weight excluding hydrogens is 374 g/mol. The molecule has 0 bridgehead atoms. The quantitative estimate of drug-likeness (QED) is 0.479. The summed E-state index contributed by atoms with van der Waals surface area (Å²) in [5.74, 6) is 0.0643. The maximum atomic E-state index is 12.2. The van der Waals surface area contributed by atoms with E-state index < -0.39 is 5.97 Å². The van der Waals surface area contributed by atoms with Gasteiger partial charge in [-0.15, -0.1) is 0 Å². The Morgan fingerprint density at radius 2 is 2.03 bits per heavy atom. The van der Waals surface area contributed by atoms with Crippen LogP contribution in [0.15, 0.2) is 59.9 Å². The Kier molecular flexibility index (Phi) is 4.78. The summed E-state index contributed by atoms with van der Waals surface area (Å²) < 4.78 is 13.7. The molecule has 0 aliphatic rings. The van der Waals surface area contributed by atoms with Crippen molar-refractivity contribution >= 4 is 16.9 Å². The molecule has 3 heterocycles. The molecule has 29 heavy (non-hydrogen) atoms. The average molecular weight is 391 g/mol. The van der Waals surface area contributed by atoms with Gasteiger partial charge in [0.2, 0.25) is 5.43 Å². The summed E-state index contributed by atoms with van der Waals surface area (Å²) in [5, 5.41) is 9.16. The maximum Gasteiger partial charge on any atom is 0.339 e. The smallest absolute Gasteiger partial charge is 0.339 e. The van der Waals surface area contributed by atoms with Crippen molar-refractivity contribution in [2.75, 3.05) is 7.11 Å². The van der Waals surface area contributed by atoms with Gasteiger partial charge < -0.3 is 9.47 Å². The van der Waals surface area contributed by atoms with E-state index in [0.29, 0.717) is 16.8 Å². The summed E-state index contributed by atoms with van der Waals surface area (Å²) in [6.45, 7) is -0.00440.